The normalized spacial score (nSPS) is 11.7. The molecule has 1 heterocycles. The van der Waals surface area contributed by atoms with Crippen molar-refractivity contribution in [2.75, 3.05) is 6.54 Å². The van der Waals surface area contributed by atoms with E-state index in [9.17, 15) is 12.8 Å². The van der Waals surface area contributed by atoms with Crippen molar-refractivity contribution in [3.63, 3.8) is 0 Å². The number of nitrogens with one attached hydrogen (secondary N) is 1. The topological polar surface area (TPSA) is 90.0 Å². The quantitative estimate of drug-likeness (QED) is 0.742. The Bertz CT molecular complexity index is 686. The van der Waals surface area contributed by atoms with E-state index in [4.69, 9.17) is 5.73 Å². The Labute approximate surface area is 122 Å². The number of nitrogens with zero attached hydrogens (tertiary/aromatic N) is 2. The molecule has 21 heavy (non-hydrogen) atoms. The molecule has 2 aromatic rings. The standard InChI is InChI=1S/C13H17FN4O2S/c14-12-3-2-11(9-15)8-13(12)21(19,20)17-4-1-6-18-7-5-16-10-18/h2-3,5,7-8,10,17H,1,4,6,9,15H2. The lowest BCUT2D eigenvalue weighted by molar-refractivity contribution is 0.550. The minimum absolute atomic E-state index is 0.156. The third-order valence-electron chi connectivity index (χ3n) is 2.97. The van der Waals surface area contributed by atoms with E-state index in [-0.39, 0.29) is 18.0 Å². The summed E-state index contributed by atoms with van der Waals surface area (Å²) in [5, 5.41) is 0. The number of aryl methyl sites for hydroxylation is 1. The number of benzene rings is 1. The van der Waals surface area contributed by atoms with Crippen LogP contribution in [0.15, 0.2) is 41.8 Å². The number of nitrogens with two attached hydrogens (primary N) is 1. The maximum Gasteiger partial charge on any atom is 0.243 e. The smallest absolute Gasteiger partial charge is 0.243 e. The van der Waals surface area contributed by atoms with E-state index in [1.165, 1.54) is 12.1 Å². The van der Waals surface area contributed by atoms with Gasteiger partial charge in [-0.05, 0) is 24.1 Å². The zero-order valence-corrected chi connectivity index (χ0v) is 12.2. The SMILES string of the molecule is NCc1ccc(F)c(S(=O)(=O)NCCCn2ccnc2)c1. The highest BCUT2D eigenvalue weighted by Crippen LogP contribution is 2.16. The first-order valence-corrected chi connectivity index (χ1v) is 7.95. The van der Waals surface area contributed by atoms with Crippen LogP contribution >= 0.6 is 0 Å². The van der Waals surface area contributed by atoms with E-state index >= 15 is 0 Å². The molecule has 6 nitrogen and oxygen atoms in total. The molecule has 2 rings (SSSR count). The van der Waals surface area contributed by atoms with Crippen molar-refractivity contribution in [1.29, 1.82) is 0 Å². The van der Waals surface area contributed by atoms with Crippen LogP contribution in [0.5, 0.6) is 0 Å². The van der Waals surface area contributed by atoms with Crippen molar-refractivity contribution >= 4 is 10.0 Å². The van der Waals surface area contributed by atoms with Crippen LogP contribution < -0.4 is 10.5 Å². The second-order valence-corrected chi connectivity index (χ2v) is 6.26. The molecule has 0 saturated carbocycles. The zero-order chi connectivity index (χ0) is 15.3. The van der Waals surface area contributed by atoms with Crippen molar-refractivity contribution in [3.05, 3.63) is 48.3 Å². The molecule has 0 radical (unpaired) electrons. The van der Waals surface area contributed by atoms with Gasteiger partial charge in [-0.15, -0.1) is 0 Å². The predicted octanol–water partition coefficient (Wildman–Crippen LogP) is 0.849. The average Bonchev–Trinajstić information content (AvgIpc) is 2.97. The lowest BCUT2D eigenvalue weighted by Crippen LogP contribution is -2.26. The van der Waals surface area contributed by atoms with Crippen molar-refractivity contribution in [2.24, 2.45) is 5.73 Å². The number of rotatable bonds is 7. The van der Waals surface area contributed by atoms with Gasteiger partial charge < -0.3 is 10.3 Å². The van der Waals surface area contributed by atoms with E-state index < -0.39 is 15.8 Å². The number of aromatic nitrogens is 2. The fourth-order valence-electron chi connectivity index (χ4n) is 1.85. The highest BCUT2D eigenvalue weighted by Gasteiger charge is 2.18. The van der Waals surface area contributed by atoms with Gasteiger partial charge in [-0.25, -0.2) is 22.5 Å². The van der Waals surface area contributed by atoms with Crippen LogP contribution in [0.25, 0.3) is 0 Å². The first kappa shape index (κ1) is 15.6. The molecular weight excluding hydrogens is 295 g/mol. The number of imidazole rings is 1. The summed E-state index contributed by atoms with van der Waals surface area (Å²) in [5.74, 6) is -0.783. The van der Waals surface area contributed by atoms with Gasteiger partial charge in [0.05, 0.1) is 6.33 Å². The summed E-state index contributed by atoms with van der Waals surface area (Å²) in [6.07, 6.45) is 5.67. The zero-order valence-electron chi connectivity index (χ0n) is 11.4. The van der Waals surface area contributed by atoms with Crippen molar-refractivity contribution in [1.82, 2.24) is 14.3 Å². The van der Waals surface area contributed by atoms with E-state index in [2.05, 4.69) is 9.71 Å². The average molecular weight is 312 g/mol. The van der Waals surface area contributed by atoms with Gasteiger partial charge in [0.1, 0.15) is 10.7 Å². The molecule has 0 atom stereocenters. The maximum absolute atomic E-state index is 13.7. The Morgan fingerprint density at radius 3 is 2.86 bits per heavy atom. The highest BCUT2D eigenvalue weighted by atomic mass is 32.2. The van der Waals surface area contributed by atoms with Gasteiger partial charge in [-0.1, -0.05) is 6.07 Å². The summed E-state index contributed by atoms with van der Waals surface area (Å²) in [6.45, 7) is 1.00. The Morgan fingerprint density at radius 2 is 2.19 bits per heavy atom. The van der Waals surface area contributed by atoms with Gasteiger partial charge in [0.2, 0.25) is 10.0 Å². The van der Waals surface area contributed by atoms with Crippen LogP contribution in [0.4, 0.5) is 4.39 Å². The molecule has 0 fully saturated rings. The second kappa shape index (κ2) is 6.79. The molecule has 0 bridgehead atoms. The van der Waals surface area contributed by atoms with Crippen molar-refractivity contribution in [2.45, 2.75) is 24.4 Å². The Kier molecular flexibility index (Phi) is 5.05. The molecule has 0 spiro atoms. The summed E-state index contributed by atoms with van der Waals surface area (Å²) in [6, 6.07) is 3.84. The van der Waals surface area contributed by atoms with Crippen molar-refractivity contribution < 1.29 is 12.8 Å². The summed E-state index contributed by atoms with van der Waals surface area (Å²) < 4.78 is 42.0. The van der Waals surface area contributed by atoms with Gasteiger partial charge >= 0.3 is 0 Å². The molecule has 1 aromatic heterocycles. The summed E-state index contributed by atoms with van der Waals surface area (Å²) in [7, 11) is -3.87. The van der Waals surface area contributed by atoms with Gasteiger partial charge in [0, 0.05) is 32.0 Å². The Balaban J connectivity index is 1.98. The lowest BCUT2D eigenvalue weighted by Gasteiger charge is -2.09. The Hall–Kier alpha value is -1.77. The number of sulfonamides is 1. The first-order valence-electron chi connectivity index (χ1n) is 6.47. The highest BCUT2D eigenvalue weighted by molar-refractivity contribution is 7.89. The van der Waals surface area contributed by atoms with Gasteiger partial charge in [-0.2, -0.15) is 0 Å². The molecule has 0 aliphatic carbocycles. The van der Waals surface area contributed by atoms with Crippen LogP contribution in [-0.2, 0) is 23.1 Å². The van der Waals surface area contributed by atoms with Crippen LogP contribution in [0.1, 0.15) is 12.0 Å². The summed E-state index contributed by atoms with van der Waals surface area (Å²) in [5.41, 5.74) is 6.01. The minimum atomic E-state index is -3.87. The first-order chi connectivity index (χ1) is 10.0. The molecular formula is C13H17FN4O2S. The third-order valence-corrected chi connectivity index (χ3v) is 4.44. The molecule has 8 heteroatoms. The van der Waals surface area contributed by atoms with Crippen LogP contribution in [0.3, 0.4) is 0 Å². The van der Waals surface area contributed by atoms with Crippen LogP contribution in [0.2, 0.25) is 0 Å². The molecule has 114 valence electrons. The molecule has 0 amide bonds. The molecule has 0 aliphatic heterocycles. The fourth-order valence-corrected chi connectivity index (χ4v) is 3.05. The maximum atomic E-state index is 13.7. The lowest BCUT2D eigenvalue weighted by atomic mass is 10.2. The fraction of sp³-hybridized carbons (Fsp3) is 0.308. The van der Waals surface area contributed by atoms with Crippen LogP contribution in [-0.4, -0.2) is 24.5 Å². The summed E-state index contributed by atoms with van der Waals surface area (Å²) in [4.78, 5) is 3.52. The number of halogens is 1. The van der Waals surface area contributed by atoms with E-state index in [1.54, 1.807) is 18.7 Å². The van der Waals surface area contributed by atoms with E-state index in [1.807, 2.05) is 4.57 Å². The Morgan fingerprint density at radius 1 is 1.38 bits per heavy atom. The largest absolute Gasteiger partial charge is 0.337 e. The van der Waals surface area contributed by atoms with Crippen molar-refractivity contribution in [3.8, 4) is 0 Å². The van der Waals surface area contributed by atoms with Gasteiger partial charge in [0.15, 0.2) is 0 Å². The molecule has 0 saturated heterocycles. The molecule has 0 unspecified atom stereocenters. The molecule has 1 aromatic carbocycles. The second-order valence-electron chi connectivity index (χ2n) is 4.52. The van der Waals surface area contributed by atoms with E-state index in [0.29, 0.717) is 18.5 Å². The monoisotopic (exact) mass is 312 g/mol. The number of hydrogen-bond acceptors (Lipinski definition) is 4. The van der Waals surface area contributed by atoms with E-state index in [0.717, 1.165) is 6.07 Å². The summed E-state index contributed by atoms with van der Waals surface area (Å²) >= 11 is 0. The number of hydrogen-bond donors (Lipinski definition) is 2. The van der Waals surface area contributed by atoms with Gasteiger partial charge in [-0.3, -0.25) is 0 Å². The predicted molar refractivity (Wildman–Crippen MR) is 76.3 cm³/mol. The van der Waals surface area contributed by atoms with Crippen LogP contribution in [0, 0.1) is 5.82 Å². The van der Waals surface area contributed by atoms with Gasteiger partial charge in [0.25, 0.3) is 0 Å². The molecule has 3 N–H and O–H groups in total. The third kappa shape index (κ3) is 4.10. The molecule has 0 aliphatic rings. The minimum Gasteiger partial charge on any atom is -0.337 e.